The van der Waals surface area contributed by atoms with E-state index in [0.29, 0.717) is 13.0 Å². The zero-order valence-corrected chi connectivity index (χ0v) is 12.0. The van der Waals surface area contributed by atoms with Gasteiger partial charge in [0.15, 0.2) is 0 Å². The molecule has 3 heteroatoms. The van der Waals surface area contributed by atoms with Crippen LogP contribution in [0.15, 0.2) is 0 Å². The molecule has 1 aliphatic rings. The zero-order valence-electron chi connectivity index (χ0n) is 12.0. The first-order valence-electron chi connectivity index (χ1n) is 6.58. The van der Waals surface area contributed by atoms with E-state index in [-0.39, 0.29) is 34.7 Å². The van der Waals surface area contributed by atoms with Crippen molar-refractivity contribution in [3.8, 4) is 0 Å². The fourth-order valence-corrected chi connectivity index (χ4v) is 2.63. The maximum absolute atomic E-state index is 12.0. The monoisotopic (exact) mass is 241 g/mol. The molecule has 1 aliphatic carbocycles. The molecule has 1 atom stereocenters. The Morgan fingerprint density at radius 2 is 1.71 bits per heavy atom. The first-order chi connectivity index (χ1) is 7.62. The van der Waals surface area contributed by atoms with Crippen LogP contribution in [0, 0.1) is 22.7 Å². The Morgan fingerprint density at radius 1 is 1.24 bits per heavy atom. The average Bonchev–Trinajstić information content (AvgIpc) is 2.56. The van der Waals surface area contributed by atoms with E-state index in [9.17, 15) is 9.90 Å². The molecule has 17 heavy (non-hydrogen) atoms. The average molecular weight is 241 g/mol. The number of rotatable bonds is 5. The lowest BCUT2D eigenvalue weighted by atomic mass is 10.0. The van der Waals surface area contributed by atoms with Gasteiger partial charge in [-0.2, -0.15) is 0 Å². The number of amides is 1. The lowest BCUT2D eigenvalue weighted by molar-refractivity contribution is -0.123. The first-order valence-corrected chi connectivity index (χ1v) is 6.58. The minimum Gasteiger partial charge on any atom is -0.393 e. The molecule has 1 saturated carbocycles. The molecule has 0 aromatic heterocycles. The van der Waals surface area contributed by atoms with Crippen LogP contribution in [0.4, 0.5) is 0 Å². The van der Waals surface area contributed by atoms with Gasteiger partial charge >= 0.3 is 0 Å². The highest BCUT2D eigenvalue weighted by Crippen LogP contribution is 2.68. The molecule has 0 heterocycles. The molecule has 2 N–H and O–H groups in total. The third kappa shape index (κ3) is 2.65. The molecule has 0 spiro atoms. The second-order valence-corrected chi connectivity index (χ2v) is 6.77. The molecule has 1 amide bonds. The molecule has 0 aliphatic heterocycles. The number of aliphatic hydroxyl groups excluding tert-OH is 1. The van der Waals surface area contributed by atoms with Gasteiger partial charge in [0.25, 0.3) is 0 Å². The van der Waals surface area contributed by atoms with Gasteiger partial charge in [0.05, 0.1) is 6.10 Å². The van der Waals surface area contributed by atoms with Crippen LogP contribution >= 0.6 is 0 Å². The summed E-state index contributed by atoms with van der Waals surface area (Å²) in [5.74, 6) is 0.489. The maximum Gasteiger partial charge on any atom is 0.224 e. The third-order valence-electron chi connectivity index (χ3n) is 4.79. The fourth-order valence-electron chi connectivity index (χ4n) is 2.63. The van der Waals surface area contributed by atoms with E-state index in [0.717, 1.165) is 0 Å². The van der Waals surface area contributed by atoms with Crippen LogP contribution in [0.1, 0.15) is 48.0 Å². The third-order valence-corrected chi connectivity index (χ3v) is 4.79. The molecular weight excluding hydrogens is 214 g/mol. The van der Waals surface area contributed by atoms with Crippen LogP contribution in [0.3, 0.4) is 0 Å². The van der Waals surface area contributed by atoms with E-state index in [2.05, 4.69) is 33.0 Å². The first kappa shape index (κ1) is 14.5. The summed E-state index contributed by atoms with van der Waals surface area (Å²) in [5, 5.41) is 12.6. The van der Waals surface area contributed by atoms with Crippen LogP contribution in [0.25, 0.3) is 0 Å². The molecular formula is C14H27NO2. The minimum atomic E-state index is -0.324. The van der Waals surface area contributed by atoms with Gasteiger partial charge in [-0.25, -0.2) is 0 Å². The predicted octanol–water partition coefficient (Wildman–Crippen LogP) is 2.19. The van der Waals surface area contributed by atoms with Crippen LogP contribution < -0.4 is 5.32 Å². The summed E-state index contributed by atoms with van der Waals surface area (Å²) in [5.41, 5.74) is 0.182. The quantitative estimate of drug-likeness (QED) is 0.775. The molecule has 0 aromatic carbocycles. The summed E-state index contributed by atoms with van der Waals surface area (Å²) < 4.78 is 0. The van der Waals surface area contributed by atoms with Crippen molar-refractivity contribution in [2.24, 2.45) is 22.7 Å². The molecule has 0 aromatic rings. The Kier molecular flexibility index (Phi) is 3.92. The Balaban J connectivity index is 2.34. The topological polar surface area (TPSA) is 49.3 Å². The van der Waals surface area contributed by atoms with Gasteiger partial charge in [0.2, 0.25) is 5.91 Å². The van der Waals surface area contributed by atoms with Gasteiger partial charge in [-0.1, -0.05) is 41.5 Å². The lowest BCUT2D eigenvalue weighted by Crippen LogP contribution is -2.31. The van der Waals surface area contributed by atoms with Crippen molar-refractivity contribution < 1.29 is 9.90 Å². The standard InChI is InChI=1S/C14H27NO2/c1-9(2)10(16)7-8-15-12(17)11-13(3,4)14(11,5)6/h9-11,16H,7-8H2,1-6H3,(H,15,17). The van der Waals surface area contributed by atoms with E-state index in [1.165, 1.54) is 0 Å². The van der Waals surface area contributed by atoms with Crippen LogP contribution in [-0.4, -0.2) is 23.7 Å². The minimum absolute atomic E-state index is 0.0910. The predicted molar refractivity (Wildman–Crippen MR) is 69.5 cm³/mol. The highest BCUT2D eigenvalue weighted by molar-refractivity contribution is 5.84. The Hall–Kier alpha value is -0.570. The van der Waals surface area contributed by atoms with Crippen molar-refractivity contribution in [1.29, 1.82) is 0 Å². The van der Waals surface area contributed by atoms with Gasteiger partial charge in [-0.15, -0.1) is 0 Å². The van der Waals surface area contributed by atoms with Crippen LogP contribution in [0.5, 0.6) is 0 Å². The Bertz CT molecular complexity index is 281. The zero-order chi connectivity index (χ0) is 13.4. The smallest absolute Gasteiger partial charge is 0.224 e. The normalized spacial score (nSPS) is 23.5. The summed E-state index contributed by atoms with van der Waals surface area (Å²) in [4.78, 5) is 12.0. The largest absolute Gasteiger partial charge is 0.393 e. The van der Waals surface area contributed by atoms with Crippen molar-refractivity contribution in [2.45, 2.75) is 54.1 Å². The molecule has 0 saturated heterocycles. The summed E-state index contributed by atoms with van der Waals surface area (Å²) in [7, 11) is 0. The van der Waals surface area contributed by atoms with E-state index in [1.54, 1.807) is 0 Å². The van der Waals surface area contributed by atoms with Gasteiger partial charge in [-0.3, -0.25) is 4.79 Å². The molecule has 100 valence electrons. The summed E-state index contributed by atoms with van der Waals surface area (Å²) in [6, 6.07) is 0. The van der Waals surface area contributed by atoms with E-state index in [1.807, 2.05) is 13.8 Å². The van der Waals surface area contributed by atoms with Crippen molar-refractivity contribution in [3.63, 3.8) is 0 Å². The van der Waals surface area contributed by atoms with Crippen LogP contribution in [-0.2, 0) is 4.79 Å². The number of carbonyl (C=O) groups is 1. The molecule has 0 radical (unpaired) electrons. The molecule has 1 unspecified atom stereocenters. The van der Waals surface area contributed by atoms with E-state index < -0.39 is 0 Å². The van der Waals surface area contributed by atoms with Crippen LogP contribution in [0.2, 0.25) is 0 Å². The summed E-state index contributed by atoms with van der Waals surface area (Å²) in [6.45, 7) is 13.1. The Morgan fingerprint density at radius 3 is 2.06 bits per heavy atom. The second-order valence-electron chi connectivity index (χ2n) is 6.77. The number of hydrogen-bond donors (Lipinski definition) is 2. The van der Waals surface area contributed by atoms with Gasteiger partial charge < -0.3 is 10.4 Å². The maximum atomic E-state index is 12.0. The summed E-state index contributed by atoms with van der Waals surface area (Å²) in [6.07, 6.45) is 0.312. The number of carbonyl (C=O) groups excluding carboxylic acids is 1. The molecule has 1 fully saturated rings. The molecule has 0 bridgehead atoms. The SMILES string of the molecule is CC(C)C(O)CCNC(=O)C1C(C)(C)C1(C)C. The summed E-state index contributed by atoms with van der Waals surface area (Å²) >= 11 is 0. The van der Waals surface area contributed by atoms with Crippen molar-refractivity contribution in [1.82, 2.24) is 5.32 Å². The number of nitrogens with one attached hydrogen (secondary N) is 1. The second kappa shape index (κ2) is 4.60. The van der Waals surface area contributed by atoms with Gasteiger partial charge in [0.1, 0.15) is 0 Å². The van der Waals surface area contributed by atoms with E-state index in [4.69, 9.17) is 0 Å². The number of hydrogen-bond acceptors (Lipinski definition) is 2. The van der Waals surface area contributed by atoms with Crippen molar-refractivity contribution in [2.75, 3.05) is 6.54 Å². The highest BCUT2D eigenvalue weighted by atomic mass is 16.3. The highest BCUT2D eigenvalue weighted by Gasteiger charge is 2.68. The van der Waals surface area contributed by atoms with Gasteiger partial charge in [-0.05, 0) is 23.2 Å². The Labute approximate surface area is 105 Å². The molecule has 1 rings (SSSR count). The van der Waals surface area contributed by atoms with Gasteiger partial charge in [0, 0.05) is 12.5 Å². The van der Waals surface area contributed by atoms with E-state index >= 15 is 0 Å². The fraction of sp³-hybridized carbons (Fsp3) is 0.929. The lowest BCUT2D eigenvalue weighted by Gasteiger charge is -2.14. The molecule has 3 nitrogen and oxygen atoms in total. The van der Waals surface area contributed by atoms with Crippen molar-refractivity contribution in [3.05, 3.63) is 0 Å². The number of aliphatic hydroxyl groups is 1. The van der Waals surface area contributed by atoms with Crippen molar-refractivity contribution >= 4 is 5.91 Å².